The van der Waals surface area contributed by atoms with E-state index < -0.39 is 0 Å². The molecular weight excluding hydrogens is 334 g/mol. The molecule has 2 heterocycles. The van der Waals surface area contributed by atoms with Crippen LogP contribution in [0.4, 0.5) is 5.69 Å². The number of ether oxygens (including phenoxy) is 3. The minimum Gasteiger partial charge on any atom is -0.465 e. The maximum Gasteiger partial charge on any atom is 0.338 e. The lowest BCUT2D eigenvalue weighted by Gasteiger charge is -2.36. The molecule has 7 nitrogen and oxygen atoms in total. The van der Waals surface area contributed by atoms with Crippen LogP contribution in [0.2, 0.25) is 0 Å². The molecule has 2 aliphatic rings. The summed E-state index contributed by atoms with van der Waals surface area (Å²) >= 11 is 0. The van der Waals surface area contributed by atoms with Crippen LogP contribution in [0.15, 0.2) is 12.3 Å². The molecule has 1 aromatic carbocycles. The number of aryl methyl sites for hydroxylation is 1. The van der Waals surface area contributed by atoms with Gasteiger partial charge in [0.05, 0.1) is 37.6 Å². The molecule has 0 radical (unpaired) electrons. The maximum atomic E-state index is 12.2. The molecule has 2 fully saturated rings. The summed E-state index contributed by atoms with van der Waals surface area (Å²) in [5, 5.41) is 9.04. The number of nitrogens with zero attached hydrogens (tertiary/aromatic N) is 2. The Hall–Kier alpha value is -2.12. The maximum absolute atomic E-state index is 12.2. The fourth-order valence-corrected chi connectivity index (χ4v) is 4.09. The molecule has 1 aliphatic heterocycles. The third-order valence-electron chi connectivity index (χ3n) is 5.63. The number of nitrogens with one attached hydrogen (secondary N) is 1. The standard InChI is InChI=1S/C19H25N3O4/c1-12-14(18(23)24-3)10-16-15(11-20-22(16)2)17(12)21-13-4-6-19(7-5-13)25-8-9-26-19/h10-11,13,21H,4-9H2,1-3H3. The van der Waals surface area contributed by atoms with Crippen LogP contribution < -0.4 is 5.32 Å². The van der Waals surface area contributed by atoms with Gasteiger partial charge in [-0.1, -0.05) is 0 Å². The Morgan fingerprint density at radius 2 is 2.04 bits per heavy atom. The van der Waals surface area contributed by atoms with E-state index in [1.165, 1.54) is 7.11 Å². The van der Waals surface area contributed by atoms with Crippen molar-refractivity contribution in [3.8, 4) is 0 Å². The van der Waals surface area contributed by atoms with Gasteiger partial charge in [-0.25, -0.2) is 4.79 Å². The molecule has 4 rings (SSSR count). The van der Waals surface area contributed by atoms with Gasteiger partial charge < -0.3 is 19.5 Å². The molecule has 1 N–H and O–H groups in total. The lowest BCUT2D eigenvalue weighted by atomic mass is 9.89. The second-order valence-electron chi connectivity index (χ2n) is 7.14. The first-order valence-electron chi connectivity index (χ1n) is 9.11. The van der Waals surface area contributed by atoms with Gasteiger partial charge in [-0.3, -0.25) is 4.68 Å². The van der Waals surface area contributed by atoms with E-state index in [0.29, 0.717) is 24.8 Å². The van der Waals surface area contributed by atoms with E-state index >= 15 is 0 Å². The number of carbonyl (C=O) groups excluding carboxylic acids is 1. The fourth-order valence-electron chi connectivity index (χ4n) is 4.09. The summed E-state index contributed by atoms with van der Waals surface area (Å²) in [5.41, 5.74) is 3.34. The summed E-state index contributed by atoms with van der Waals surface area (Å²) in [6.45, 7) is 3.33. The molecular formula is C19H25N3O4. The number of esters is 1. The summed E-state index contributed by atoms with van der Waals surface area (Å²) in [6, 6.07) is 2.16. The van der Waals surface area contributed by atoms with Crippen molar-refractivity contribution >= 4 is 22.6 Å². The highest BCUT2D eigenvalue weighted by molar-refractivity contribution is 6.02. The zero-order valence-electron chi connectivity index (χ0n) is 15.5. The predicted molar refractivity (Wildman–Crippen MR) is 97.3 cm³/mol. The Morgan fingerprint density at radius 1 is 1.35 bits per heavy atom. The normalized spacial score (nSPS) is 20.0. The second kappa shape index (κ2) is 6.55. The lowest BCUT2D eigenvalue weighted by Crippen LogP contribution is -2.39. The van der Waals surface area contributed by atoms with Gasteiger partial charge in [-0.15, -0.1) is 0 Å². The first-order chi connectivity index (χ1) is 12.5. The highest BCUT2D eigenvalue weighted by Gasteiger charge is 2.40. The third-order valence-corrected chi connectivity index (χ3v) is 5.63. The SMILES string of the molecule is COC(=O)c1cc2c(cnn2C)c(NC2CCC3(CC2)OCCO3)c1C. The van der Waals surface area contributed by atoms with Gasteiger partial charge in [0.25, 0.3) is 0 Å². The predicted octanol–water partition coefficient (Wildman–Crippen LogP) is 2.77. The van der Waals surface area contributed by atoms with Crippen LogP contribution in [-0.2, 0) is 21.3 Å². The molecule has 1 spiro atoms. The summed E-state index contributed by atoms with van der Waals surface area (Å²) < 4.78 is 18.4. The van der Waals surface area contributed by atoms with Gasteiger partial charge in [0, 0.05) is 37.0 Å². The number of anilines is 1. The number of rotatable bonds is 3. The quantitative estimate of drug-likeness (QED) is 0.850. The Balaban J connectivity index is 1.63. The number of benzene rings is 1. The van der Waals surface area contributed by atoms with Gasteiger partial charge in [-0.2, -0.15) is 5.10 Å². The van der Waals surface area contributed by atoms with Gasteiger partial charge in [0.1, 0.15) is 0 Å². The zero-order valence-corrected chi connectivity index (χ0v) is 15.5. The van der Waals surface area contributed by atoms with Crippen LogP contribution >= 0.6 is 0 Å². The number of fused-ring (bicyclic) bond motifs is 1. The Morgan fingerprint density at radius 3 is 2.69 bits per heavy atom. The number of methoxy groups -OCH3 is 1. The largest absolute Gasteiger partial charge is 0.465 e. The number of aromatic nitrogens is 2. The van der Waals surface area contributed by atoms with Gasteiger partial charge in [0.15, 0.2) is 5.79 Å². The van der Waals surface area contributed by atoms with E-state index in [-0.39, 0.29) is 11.8 Å². The topological polar surface area (TPSA) is 74.6 Å². The van der Waals surface area contributed by atoms with E-state index in [0.717, 1.165) is 47.8 Å². The van der Waals surface area contributed by atoms with E-state index in [1.807, 2.05) is 26.2 Å². The molecule has 7 heteroatoms. The van der Waals surface area contributed by atoms with Crippen molar-refractivity contribution in [1.29, 1.82) is 0 Å². The van der Waals surface area contributed by atoms with Crippen molar-refractivity contribution in [2.24, 2.45) is 7.05 Å². The van der Waals surface area contributed by atoms with Gasteiger partial charge in [0.2, 0.25) is 0 Å². The van der Waals surface area contributed by atoms with E-state index in [2.05, 4.69) is 10.4 Å². The molecule has 0 amide bonds. The molecule has 1 aromatic heterocycles. The molecule has 0 bridgehead atoms. The monoisotopic (exact) mass is 359 g/mol. The van der Waals surface area contributed by atoms with Gasteiger partial charge in [-0.05, 0) is 31.4 Å². The molecule has 0 atom stereocenters. The van der Waals surface area contributed by atoms with Crippen LogP contribution in [0.1, 0.15) is 41.6 Å². The van der Waals surface area contributed by atoms with Crippen LogP contribution in [0.3, 0.4) is 0 Å². The number of hydrogen-bond donors (Lipinski definition) is 1. The molecule has 1 aliphatic carbocycles. The summed E-state index contributed by atoms with van der Waals surface area (Å²) in [4.78, 5) is 12.2. The van der Waals surface area contributed by atoms with Crippen molar-refractivity contribution in [2.75, 3.05) is 25.6 Å². The third kappa shape index (κ3) is 2.85. The molecule has 0 unspecified atom stereocenters. The van der Waals surface area contributed by atoms with Crippen molar-refractivity contribution in [3.63, 3.8) is 0 Å². The lowest BCUT2D eigenvalue weighted by molar-refractivity contribution is -0.177. The Bertz CT molecular complexity index is 829. The second-order valence-corrected chi connectivity index (χ2v) is 7.14. The van der Waals surface area contributed by atoms with Crippen molar-refractivity contribution < 1.29 is 19.0 Å². The van der Waals surface area contributed by atoms with Crippen LogP contribution in [-0.4, -0.2) is 47.9 Å². The Labute approximate surface area is 152 Å². The molecule has 1 saturated carbocycles. The number of hydrogen-bond acceptors (Lipinski definition) is 6. The first kappa shape index (κ1) is 17.3. The number of carbonyl (C=O) groups is 1. The molecule has 26 heavy (non-hydrogen) atoms. The minimum absolute atomic E-state index is 0.309. The van der Waals surface area contributed by atoms with Crippen molar-refractivity contribution in [2.45, 2.75) is 44.4 Å². The molecule has 2 aromatic rings. The summed E-state index contributed by atoms with van der Waals surface area (Å²) in [5.74, 6) is -0.700. The van der Waals surface area contributed by atoms with Crippen molar-refractivity contribution in [3.05, 3.63) is 23.4 Å². The average Bonchev–Trinajstić information content (AvgIpc) is 3.25. The first-order valence-corrected chi connectivity index (χ1v) is 9.11. The molecule has 140 valence electrons. The fraction of sp³-hybridized carbons (Fsp3) is 0.579. The summed E-state index contributed by atoms with van der Waals surface area (Å²) in [7, 11) is 3.28. The zero-order chi connectivity index (χ0) is 18.3. The van der Waals surface area contributed by atoms with E-state index in [4.69, 9.17) is 14.2 Å². The smallest absolute Gasteiger partial charge is 0.338 e. The van der Waals surface area contributed by atoms with E-state index in [1.54, 1.807) is 4.68 Å². The summed E-state index contributed by atoms with van der Waals surface area (Å²) in [6.07, 6.45) is 5.54. The highest BCUT2D eigenvalue weighted by atomic mass is 16.7. The van der Waals surface area contributed by atoms with Crippen molar-refractivity contribution in [1.82, 2.24) is 9.78 Å². The van der Waals surface area contributed by atoms with Crippen LogP contribution in [0.5, 0.6) is 0 Å². The highest BCUT2D eigenvalue weighted by Crippen LogP contribution is 2.38. The Kier molecular flexibility index (Phi) is 4.36. The van der Waals surface area contributed by atoms with Gasteiger partial charge >= 0.3 is 5.97 Å². The minimum atomic E-state index is -0.370. The van der Waals surface area contributed by atoms with Crippen LogP contribution in [0.25, 0.3) is 10.9 Å². The average molecular weight is 359 g/mol. The molecule has 1 saturated heterocycles. The van der Waals surface area contributed by atoms with Crippen LogP contribution in [0, 0.1) is 6.92 Å². The van der Waals surface area contributed by atoms with E-state index in [9.17, 15) is 4.79 Å².